The molecule has 1 amide bonds. The summed E-state index contributed by atoms with van der Waals surface area (Å²) >= 11 is 0. The highest BCUT2D eigenvalue weighted by atomic mass is 16.1. The number of carbonyl (C=O) groups is 1. The minimum Gasteiger partial charge on any atom is -0.311 e. The van der Waals surface area contributed by atoms with Crippen molar-refractivity contribution >= 4 is 11.7 Å². The maximum atomic E-state index is 12.0. The highest BCUT2D eigenvalue weighted by Gasteiger charge is 2.05. The Hall–Kier alpha value is -3.01. The molecule has 0 unspecified atom stereocenters. The summed E-state index contributed by atoms with van der Waals surface area (Å²) in [6.07, 6.45) is 6.41. The minimum absolute atomic E-state index is 0.0296. The van der Waals surface area contributed by atoms with Crippen LogP contribution in [0, 0.1) is 0 Å². The second-order valence-corrected chi connectivity index (χ2v) is 5.20. The van der Waals surface area contributed by atoms with Crippen LogP contribution in [0.3, 0.4) is 0 Å². The van der Waals surface area contributed by atoms with Crippen LogP contribution in [0.2, 0.25) is 0 Å². The fraction of sp³-hybridized carbons (Fsp3) is 0.105. The van der Waals surface area contributed by atoms with Gasteiger partial charge in [0, 0.05) is 30.6 Å². The Morgan fingerprint density at radius 3 is 2.39 bits per heavy atom. The van der Waals surface area contributed by atoms with Crippen LogP contribution < -0.4 is 5.32 Å². The molecule has 4 heteroatoms. The zero-order valence-electron chi connectivity index (χ0n) is 12.6. The van der Waals surface area contributed by atoms with Crippen molar-refractivity contribution in [1.29, 1.82) is 0 Å². The van der Waals surface area contributed by atoms with Gasteiger partial charge in [-0.3, -0.25) is 9.78 Å². The zero-order chi connectivity index (χ0) is 15.9. The van der Waals surface area contributed by atoms with Gasteiger partial charge in [0.2, 0.25) is 5.91 Å². The maximum absolute atomic E-state index is 12.0. The molecule has 2 aromatic heterocycles. The number of hydrogen-bond donors (Lipinski definition) is 1. The fourth-order valence-corrected chi connectivity index (χ4v) is 2.29. The Balaban J connectivity index is 1.57. The molecule has 0 aliphatic carbocycles. The van der Waals surface area contributed by atoms with E-state index in [1.54, 1.807) is 18.6 Å². The summed E-state index contributed by atoms with van der Waals surface area (Å²) in [6.45, 7) is 0. The molecule has 1 aromatic carbocycles. The molecule has 0 aliphatic rings. The number of rotatable bonds is 5. The Labute approximate surface area is 135 Å². The topological polar surface area (TPSA) is 54.9 Å². The molecular formula is C19H17N3O. The molecule has 2 heterocycles. The molecule has 0 atom stereocenters. The predicted molar refractivity (Wildman–Crippen MR) is 90.9 cm³/mol. The SMILES string of the molecule is O=C(CCc1ccccc1)Nc1ccc(-c2ccncc2)cn1. The van der Waals surface area contributed by atoms with E-state index in [0.717, 1.165) is 23.1 Å². The standard InChI is InChI=1S/C19H17N3O/c23-19(9-6-15-4-2-1-3-5-15)22-18-8-7-17(14-21-18)16-10-12-20-13-11-16/h1-5,7-8,10-14H,6,9H2,(H,21,22,23). The second kappa shape index (κ2) is 7.31. The van der Waals surface area contributed by atoms with Gasteiger partial charge in [0.15, 0.2) is 0 Å². The fourth-order valence-electron chi connectivity index (χ4n) is 2.29. The van der Waals surface area contributed by atoms with Crippen molar-refractivity contribution in [2.75, 3.05) is 5.32 Å². The van der Waals surface area contributed by atoms with Crippen LogP contribution in [0.1, 0.15) is 12.0 Å². The summed E-state index contributed by atoms with van der Waals surface area (Å²) in [6, 6.07) is 17.6. The molecule has 0 bridgehead atoms. The number of carbonyl (C=O) groups excluding carboxylic acids is 1. The van der Waals surface area contributed by atoms with E-state index in [1.807, 2.05) is 54.6 Å². The average Bonchev–Trinajstić information content (AvgIpc) is 2.62. The quantitative estimate of drug-likeness (QED) is 0.781. The molecule has 0 spiro atoms. The molecule has 0 saturated heterocycles. The highest BCUT2D eigenvalue weighted by molar-refractivity contribution is 5.90. The summed E-state index contributed by atoms with van der Waals surface area (Å²) in [5, 5.41) is 2.83. The number of aryl methyl sites for hydroxylation is 1. The lowest BCUT2D eigenvalue weighted by Crippen LogP contribution is -2.13. The number of aromatic nitrogens is 2. The number of pyridine rings is 2. The molecule has 3 aromatic rings. The van der Waals surface area contributed by atoms with Gasteiger partial charge in [0.05, 0.1) is 0 Å². The first-order valence-electron chi connectivity index (χ1n) is 7.51. The number of benzene rings is 1. The summed E-state index contributed by atoms with van der Waals surface area (Å²) in [4.78, 5) is 20.3. The molecule has 0 aliphatic heterocycles. The van der Waals surface area contributed by atoms with Crippen LogP contribution in [0.4, 0.5) is 5.82 Å². The largest absolute Gasteiger partial charge is 0.311 e. The normalized spacial score (nSPS) is 10.3. The van der Waals surface area contributed by atoms with Gasteiger partial charge in [-0.2, -0.15) is 0 Å². The third-order valence-electron chi connectivity index (χ3n) is 3.53. The lowest BCUT2D eigenvalue weighted by Gasteiger charge is -2.06. The smallest absolute Gasteiger partial charge is 0.225 e. The van der Waals surface area contributed by atoms with Crippen molar-refractivity contribution in [3.05, 3.63) is 78.8 Å². The molecule has 4 nitrogen and oxygen atoms in total. The van der Waals surface area contributed by atoms with Gasteiger partial charge in [-0.05, 0) is 41.8 Å². The summed E-state index contributed by atoms with van der Waals surface area (Å²) in [5.74, 6) is 0.541. The van der Waals surface area contributed by atoms with Crippen molar-refractivity contribution < 1.29 is 4.79 Å². The maximum Gasteiger partial charge on any atom is 0.225 e. The first kappa shape index (κ1) is 14.9. The minimum atomic E-state index is -0.0296. The number of hydrogen-bond acceptors (Lipinski definition) is 3. The monoisotopic (exact) mass is 303 g/mol. The van der Waals surface area contributed by atoms with Crippen LogP contribution in [0.25, 0.3) is 11.1 Å². The van der Waals surface area contributed by atoms with Crippen LogP contribution in [-0.2, 0) is 11.2 Å². The van der Waals surface area contributed by atoms with Gasteiger partial charge in [-0.1, -0.05) is 30.3 Å². The first-order chi connectivity index (χ1) is 11.3. The van der Waals surface area contributed by atoms with Crippen molar-refractivity contribution in [3.8, 4) is 11.1 Å². The second-order valence-electron chi connectivity index (χ2n) is 5.20. The Morgan fingerprint density at radius 2 is 1.70 bits per heavy atom. The van der Waals surface area contributed by atoms with Gasteiger partial charge in [-0.25, -0.2) is 4.98 Å². The predicted octanol–water partition coefficient (Wildman–Crippen LogP) is 3.71. The number of amides is 1. The van der Waals surface area contributed by atoms with Gasteiger partial charge >= 0.3 is 0 Å². The van der Waals surface area contributed by atoms with E-state index in [2.05, 4.69) is 15.3 Å². The van der Waals surface area contributed by atoms with E-state index in [9.17, 15) is 4.79 Å². The molecule has 0 fully saturated rings. The molecule has 3 rings (SSSR count). The number of anilines is 1. The zero-order valence-corrected chi connectivity index (χ0v) is 12.6. The van der Waals surface area contributed by atoms with E-state index in [1.165, 1.54) is 0 Å². The van der Waals surface area contributed by atoms with Gasteiger partial charge < -0.3 is 5.32 Å². The van der Waals surface area contributed by atoms with Gasteiger partial charge in [-0.15, -0.1) is 0 Å². The van der Waals surface area contributed by atoms with Gasteiger partial charge in [0.1, 0.15) is 5.82 Å². The summed E-state index contributed by atoms with van der Waals surface area (Å²) in [5.41, 5.74) is 3.20. The Kier molecular flexibility index (Phi) is 4.74. The third-order valence-corrected chi connectivity index (χ3v) is 3.53. The average molecular weight is 303 g/mol. The molecule has 23 heavy (non-hydrogen) atoms. The van der Waals surface area contributed by atoms with E-state index >= 15 is 0 Å². The lowest BCUT2D eigenvalue weighted by molar-refractivity contribution is -0.116. The summed E-state index contributed by atoms with van der Waals surface area (Å²) in [7, 11) is 0. The molecule has 114 valence electrons. The van der Waals surface area contributed by atoms with Crippen molar-refractivity contribution in [2.24, 2.45) is 0 Å². The number of nitrogens with one attached hydrogen (secondary N) is 1. The van der Waals surface area contributed by atoms with Crippen LogP contribution in [-0.4, -0.2) is 15.9 Å². The van der Waals surface area contributed by atoms with Crippen molar-refractivity contribution in [2.45, 2.75) is 12.8 Å². The van der Waals surface area contributed by atoms with Crippen LogP contribution in [0.5, 0.6) is 0 Å². The highest BCUT2D eigenvalue weighted by Crippen LogP contribution is 2.18. The van der Waals surface area contributed by atoms with Crippen LogP contribution in [0.15, 0.2) is 73.2 Å². The Bertz CT molecular complexity index is 756. The summed E-state index contributed by atoms with van der Waals surface area (Å²) < 4.78 is 0. The van der Waals surface area contributed by atoms with E-state index in [-0.39, 0.29) is 5.91 Å². The number of nitrogens with zero attached hydrogens (tertiary/aromatic N) is 2. The van der Waals surface area contributed by atoms with E-state index < -0.39 is 0 Å². The van der Waals surface area contributed by atoms with Gasteiger partial charge in [0.25, 0.3) is 0 Å². The lowest BCUT2D eigenvalue weighted by atomic mass is 10.1. The molecule has 1 N–H and O–H groups in total. The molecule has 0 radical (unpaired) electrons. The first-order valence-corrected chi connectivity index (χ1v) is 7.51. The van der Waals surface area contributed by atoms with E-state index in [4.69, 9.17) is 0 Å². The molecular weight excluding hydrogens is 286 g/mol. The molecule has 0 saturated carbocycles. The third kappa shape index (κ3) is 4.23. The Morgan fingerprint density at radius 1 is 0.913 bits per heavy atom. The van der Waals surface area contributed by atoms with Crippen molar-refractivity contribution in [1.82, 2.24) is 9.97 Å². The van der Waals surface area contributed by atoms with Crippen molar-refractivity contribution in [3.63, 3.8) is 0 Å². The van der Waals surface area contributed by atoms with E-state index in [0.29, 0.717) is 12.2 Å². The van der Waals surface area contributed by atoms with Crippen LogP contribution >= 0.6 is 0 Å².